The Labute approximate surface area is 126 Å². The standard InChI is InChI=1S/C17H15BrS/c1-11-7-8-15(14-6-4-3-5-13(11)14)17(18)16-10-19-9-12(16)2/h3-10,17H,1-2H3. The van der Waals surface area contributed by atoms with Crippen molar-refractivity contribution in [3.05, 3.63) is 69.4 Å². The van der Waals surface area contributed by atoms with Gasteiger partial charge in [0.1, 0.15) is 0 Å². The first kappa shape index (κ1) is 12.9. The largest absolute Gasteiger partial charge is 0.152 e. The summed E-state index contributed by atoms with van der Waals surface area (Å²) in [6, 6.07) is 13.1. The van der Waals surface area contributed by atoms with E-state index < -0.39 is 0 Å². The Morgan fingerprint density at radius 1 is 0.842 bits per heavy atom. The predicted octanol–water partition coefficient (Wildman–Crippen LogP) is 6.00. The fourth-order valence-corrected chi connectivity index (χ4v) is 4.44. The molecule has 0 aliphatic heterocycles. The maximum Gasteiger partial charge on any atom is 0.0661 e. The van der Waals surface area contributed by atoms with E-state index in [1.807, 2.05) is 0 Å². The molecule has 2 heteroatoms. The van der Waals surface area contributed by atoms with Crippen LogP contribution in [0.4, 0.5) is 0 Å². The molecule has 0 bridgehead atoms. The Balaban J connectivity index is 2.21. The van der Waals surface area contributed by atoms with Gasteiger partial charge < -0.3 is 0 Å². The van der Waals surface area contributed by atoms with Gasteiger partial charge in [0.05, 0.1) is 4.83 Å². The molecule has 19 heavy (non-hydrogen) atoms. The zero-order chi connectivity index (χ0) is 13.4. The molecule has 1 aromatic heterocycles. The number of fused-ring (bicyclic) bond motifs is 1. The highest BCUT2D eigenvalue weighted by atomic mass is 79.9. The Hall–Kier alpha value is -1.12. The predicted molar refractivity (Wildman–Crippen MR) is 88.5 cm³/mol. The SMILES string of the molecule is Cc1cscc1C(Br)c1ccc(C)c2ccccc12. The smallest absolute Gasteiger partial charge is 0.0661 e. The van der Waals surface area contributed by atoms with Gasteiger partial charge in [-0.15, -0.1) is 0 Å². The Morgan fingerprint density at radius 3 is 2.26 bits per heavy atom. The van der Waals surface area contributed by atoms with Crippen LogP contribution in [-0.4, -0.2) is 0 Å². The van der Waals surface area contributed by atoms with Crippen molar-refractivity contribution >= 4 is 38.0 Å². The summed E-state index contributed by atoms with van der Waals surface area (Å²) in [5, 5.41) is 7.14. The summed E-state index contributed by atoms with van der Waals surface area (Å²) in [5.74, 6) is 0. The third-order valence-electron chi connectivity index (χ3n) is 3.62. The molecule has 0 amide bonds. The van der Waals surface area contributed by atoms with E-state index in [1.165, 1.54) is 33.0 Å². The summed E-state index contributed by atoms with van der Waals surface area (Å²) in [7, 11) is 0. The zero-order valence-corrected chi connectivity index (χ0v) is 13.4. The van der Waals surface area contributed by atoms with E-state index in [4.69, 9.17) is 0 Å². The monoisotopic (exact) mass is 330 g/mol. The highest BCUT2D eigenvalue weighted by Crippen LogP contribution is 2.38. The minimum absolute atomic E-state index is 0.268. The molecular weight excluding hydrogens is 316 g/mol. The Kier molecular flexibility index (Phi) is 3.46. The molecule has 0 aliphatic rings. The molecule has 1 atom stereocenters. The van der Waals surface area contributed by atoms with Crippen molar-refractivity contribution in [2.45, 2.75) is 18.7 Å². The van der Waals surface area contributed by atoms with Gasteiger partial charge in [0.15, 0.2) is 0 Å². The summed E-state index contributed by atoms with van der Waals surface area (Å²) < 4.78 is 0. The van der Waals surface area contributed by atoms with Crippen LogP contribution < -0.4 is 0 Å². The van der Waals surface area contributed by atoms with Crippen LogP contribution >= 0.6 is 27.3 Å². The van der Waals surface area contributed by atoms with Gasteiger partial charge in [-0.05, 0) is 57.6 Å². The van der Waals surface area contributed by atoms with Crippen molar-refractivity contribution in [3.63, 3.8) is 0 Å². The summed E-state index contributed by atoms with van der Waals surface area (Å²) in [6.07, 6.45) is 0. The van der Waals surface area contributed by atoms with Crippen LogP contribution in [0.25, 0.3) is 10.8 Å². The average Bonchev–Trinajstić information content (AvgIpc) is 2.85. The zero-order valence-electron chi connectivity index (χ0n) is 11.0. The minimum Gasteiger partial charge on any atom is -0.152 e. The fraction of sp³-hybridized carbons (Fsp3) is 0.176. The number of benzene rings is 2. The van der Waals surface area contributed by atoms with Crippen LogP contribution in [0, 0.1) is 13.8 Å². The second kappa shape index (κ2) is 5.10. The number of thiophene rings is 1. The number of rotatable bonds is 2. The molecule has 3 rings (SSSR count). The summed E-state index contributed by atoms with van der Waals surface area (Å²) in [6.45, 7) is 4.35. The molecule has 1 unspecified atom stereocenters. The molecule has 0 N–H and O–H groups in total. The van der Waals surface area contributed by atoms with E-state index in [2.05, 4.69) is 76.9 Å². The van der Waals surface area contributed by atoms with Gasteiger partial charge in [-0.3, -0.25) is 0 Å². The molecule has 3 aromatic rings. The maximum atomic E-state index is 3.88. The summed E-state index contributed by atoms with van der Waals surface area (Å²) in [5.41, 5.74) is 5.42. The first-order valence-corrected chi connectivity index (χ1v) is 8.19. The molecule has 0 nitrogen and oxygen atoms in total. The van der Waals surface area contributed by atoms with E-state index in [0.29, 0.717) is 0 Å². The average molecular weight is 331 g/mol. The van der Waals surface area contributed by atoms with Crippen molar-refractivity contribution in [1.82, 2.24) is 0 Å². The van der Waals surface area contributed by atoms with Crippen LogP contribution in [0.2, 0.25) is 0 Å². The number of halogens is 1. The van der Waals surface area contributed by atoms with E-state index in [0.717, 1.165) is 0 Å². The van der Waals surface area contributed by atoms with Crippen molar-refractivity contribution < 1.29 is 0 Å². The molecule has 0 aliphatic carbocycles. The lowest BCUT2D eigenvalue weighted by Gasteiger charge is -2.15. The van der Waals surface area contributed by atoms with E-state index in [-0.39, 0.29) is 4.83 Å². The second-order valence-electron chi connectivity index (χ2n) is 4.89. The van der Waals surface area contributed by atoms with Gasteiger partial charge in [0.25, 0.3) is 0 Å². The number of hydrogen-bond donors (Lipinski definition) is 0. The van der Waals surface area contributed by atoms with Gasteiger partial charge in [-0.1, -0.05) is 52.3 Å². The van der Waals surface area contributed by atoms with E-state index in [9.17, 15) is 0 Å². The van der Waals surface area contributed by atoms with Crippen molar-refractivity contribution in [1.29, 1.82) is 0 Å². The van der Waals surface area contributed by atoms with Crippen molar-refractivity contribution in [3.8, 4) is 0 Å². The van der Waals surface area contributed by atoms with E-state index in [1.54, 1.807) is 11.3 Å². The Morgan fingerprint density at radius 2 is 1.58 bits per heavy atom. The number of hydrogen-bond acceptors (Lipinski definition) is 1. The molecule has 0 spiro atoms. The van der Waals surface area contributed by atoms with Crippen LogP contribution in [-0.2, 0) is 0 Å². The summed E-state index contributed by atoms with van der Waals surface area (Å²) >= 11 is 5.64. The lowest BCUT2D eigenvalue weighted by atomic mass is 9.96. The lowest BCUT2D eigenvalue weighted by Crippen LogP contribution is -1.95. The van der Waals surface area contributed by atoms with Gasteiger partial charge >= 0.3 is 0 Å². The van der Waals surface area contributed by atoms with Crippen molar-refractivity contribution in [2.75, 3.05) is 0 Å². The third-order valence-corrected chi connectivity index (χ3v) is 5.48. The maximum absolute atomic E-state index is 3.88. The summed E-state index contributed by atoms with van der Waals surface area (Å²) in [4.78, 5) is 0.268. The quantitative estimate of drug-likeness (QED) is 0.505. The molecule has 0 saturated carbocycles. The molecule has 2 aromatic carbocycles. The Bertz CT molecular complexity index is 727. The molecule has 0 saturated heterocycles. The van der Waals surface area contributed by atoms with Crippen molar-refractivity contribution in [2.24, 2.45) is 0 Å². The first-order chi connectivity index (χ1) is 9.18. The van der Waals surface area contributed by atoms with Gasteiger partial charge in [-0.2, -0.15) is 11.3 Å². The van der Waals surface area contributed by atoms with Gasteiger partial charge in [0, 0.05) is 0 Å². The van der Waals surface area contributed by atoms with E-state index >= 15 is 0 Å². The van der Waals surface area contributed by atoms with Crippen LogP contribution in [0.15, 0.2) is 47.2 Å². The third kappa shape index (κ3) is 2.24. The van der Waals surface area contributed by atoms with Crippen LogP contribution in [0.5, 0.6) is 0 Å². The topological polar surface area (TPSA) is 0 Å². The minimum atomic E-state index is 0.268. The number of aryl methyl sites for hydroxylation is 2. The first-order valence-electron chi connectivity index (χ1n) is 6.33. The van der Waals surface area contributed by atoms with Gasteiger partial charge in [0.2, 0.25) is 0 Å². The molecule has 0 fully saturated rings. The second-order valence-corrected chi connectivity index (χ2v) is 6.55. The molecule has 0 radical (unpaired) electrons. The highest BCUT2D eigenvalue weighted by molar-refractivity contribution is 9.09. The van der Waals surface area contributed by atoms with Crippen LogP contribution in [0.1, 0.15) is 27.1 Å². The van der Waals surface area contributed by atoms with Crippen LogP contribution in [0.3, 0.4) is 0 Å². The molecular formula is C17H15BrS. The fourth-order valence-electron chi connectivity index (χ4n) is 2.49. The molecule has 1 heterocycles. The highest BCUT2D eigenvalue weighted by Gasteiger charge is 2.16. The number of alkyl halides is 1. The lowest BCUT2D eigenvalue weighted by molar-refractivity contribution is 1.18. The molecule has 96 valence electrons. The van der Waals surface area contributed by atoms with Gasteiger partial charge in [-0.25, -0.2) is 0 Å². The normalized spacial score (nSPS) is 12.8.